The number of alkyl halides is 3. The van der Waals surface area contributed by atoms with E-state index >= 15 is 0 Å². The van der Waals surface area contributed by atoms with Crippen molar-refractivity contribution >= 4 is 5.91 Å². The molecule has 1 aliphatic carbocycles. The smallest absolute Gasteiger partial charge is 0.378 e. The summed E-state index contributed by atoms with van der Waals surface area (Å²) >= 11 is 0. The van der Waals surface area contributed by atoms with Gasteiger partial charge in [0.05, 0.1) is 41.0 Å². The fraction of sp³-hybridized carbons (Fsp3) is 0.429. The molecule has 12 heteroatoms. The maximum Gasteiger partial charge on any atom is 0.416 e. The van der Waals surface area contributed by atoms with Crippen LogP contribution in [0.15, 0.2) is 65.7 Å². The number of nitrogens with zero attached hydrogens (tertiary/aromatic N) is 5. The van der Waals surface area contributed by atoms with Crippen LogP contribution in [0.3, 0.4) is 0 Å². The topological polar surface area (TPSA) is 107 Å². The number of nitrogens with one attached hydrogen (secondary N) is 1. The van der Waals surface area contributed by atoms with Gasteiger partial charge in [0.1, 0.15) is 5.82 Å². The molecule has 0 unspecified atom stereocenters. The number of hydrogen-bond acceptors (Lipinski definition) is 6. The number of carbonyl (C=O) groups is 1. The van der Waals surface area contributed by atoms with Crippen molar-refractivity contribution in [2.24, 2.45) is 0 Å². The summed E-state index contributed by atoms with van der Waals surface area (Å²) in [6.07, 6.45) is 2.40. The molecule has 9 nitrogen and oxygen atoms in total. The number of aromatic nitrogens is 4. The minimum Gasteiger partial charge on any atom is -0.378 e. The van der Waals surface area contributed by atoms with Crippen LogP contribution in [-0.2, 0) is 29.4 Å². The summed E-state index contributed by atoms with van der Waals surface area (Å²) in [6, 6.07) is 12.8. The van der Waals surface area contributed by atoms with Gasteiger partial charge in [-0.1, -0.05) is 36.4 Å². The van der Waals surface area contributed by atoms with Crippen LogP contribution in [0.25, 0.3) is 11.1 Å². The lowest BCUT2D eigenvalue weighted by Gasteiger charge is -2.28. The summed E-state index contributed by atoms with van der Waals surface area (Å²) < 4.78 is 41.8. The Morgan fingerprint density at radius 1 is 1.06 bits per heavy atom. The second-order valence-corrected chi connectivity index (χ2v) is 13.1. The standard InChI is InChI=1S/C35H37F3N6O3/c1-42-15-10-27(11-16-42)44-20-24(19-39-44)22-5-2-7-25(17-22)34(12-13-34)33-40-29-9-4-14-43(21-28(29)31(46)41-33)32(47)30(45)23-6-3-8-26(18-23)35(36,37)38/h2-3,5-8,17-20,27,30,45H,4,9-16,21H2,1H3,(H,40,41,46)/t30-/m1/s1. The van der Waals surface area contributed by atoms with Crippen LogP contribution < -0.4 is 5.56 Å². The SMILES string of the molecule is CN1CCC(n2cc(-c3cccc(C4(c5nc6c(c(=O)[nH]5)CN(C(=O)[C@H](O)c5cccc(C(F)(F)F)c5)CCC6)CC4)c3)cn2)CC1. The normalized spacial score (nSPS) is 19.2. The van der Waals surface area contributed by atoms with E-state index in [9.17, 15) is 27.9 Å². The molecule has 1 amide bonds. The Hall–Kier alpha value is -4.29. The number of fused-ring (bicyclic) bond motifs is 1. The van der Waals surface area contributed by atoms with E-state index in [0.717, 1.165) is 73.7 Å². The maximum atomic E-state index is 13.5. The lowest BCUT2D eigenvalue weighted by atomic mass is 9.92. The van der Waals surface area contributed by atoms with Crippen molar-refractivity contribution < 1.29 is 23.1 Å². The van der Waals surface area contributed by atoms with Crippen molar-refractivity contribution in [1.29, 1.82) is 0 Å². The highest BCUT2D eigenvalue weighted by Crippen LogP contribution is 2.52. The van der Waals surface area contributed by atoms with Gasteiger partial charge >= 0.3 is 6.18 Å². The number of amides is 1. The van der Waals surface area contributed by atoms with E-state index in [-0.39, 0.29) is 24.2 Å². The number of benzene rings is 2. The van der Waals surface area contributed by atoms with Crippen molar-refractivity contribution in [2.45, 2.75) is 68.8 Å². The Morgan fingerprint density at radius 2 is 1.83 bits per heavy atom. The summed E-state index contributed by atoms with van der Waals surface area (Å²) in [5, 5.41) is 15.4. The number of carbonyl (C=O) groups excluding carboxylic acids is 1. The Balaban J connectivity index is 1.11. The van der Waals surface area contributed by atoms with Crippen molar-refractivity contribution in [1.82, 2.24) is 29.5 Å². The Kier molecular flexibility index (Phi) is 8.04. The third-order valence-corrected chi connectivity index (χ3v) is 9.98. The Morgan fingerprint density at radius 3 is 2.57 bits per heavy atom. The van der Waals surface area contributed by atoms with Gasteiger partial charge in [0.25, 0.3) is 11.5 Å². The van der Waals surface area contributed by atoms with Crippen LogP contribution in [0.4, 0.5) is 13.2 Å². The van der Waals surface area contributed by atoms with Gasteiger partial charge < -0.3 is 19.9 Å². The number of halogens is 3. The highest BCUT2D eigenvalue weighted by molar-refractivity contribution is 5.82. The number of aliphatic hydroxyl groups excluding tert-OH is 1. The molecule has 2 aliphatic heterocycles. The van der Waals surface area contributed by atoms with E-state index in [0.29, 0.717) is 36.0 Å². The first-order valence-electron chi connectivity index (χ1n) is 16.1. The minimum absolute atomic E-state index is 0.0867. The molecule has 47 heavy (non-hydrogen) atoms. The molecule has 4 heterocycles. The Bertz CT molecular complexity index is 1860. The van der Waals surface area contributed by atoms with Crippen molar-refractivity contribution in [3.05, 3.63) is 105 Å². The number of likely N-dealkylation sites (tertiary alicyclic amines) is 1. The molecule has 0 radical (unpaired) electrons. The van der Waals surface area contributed by atoms with Crippen LogP contribution >= 0.6 is 0 Å². The van der Waals surface area contributed by atoms with Crippen LogP contribution in [0.1, 0.15) is 78.0 Å². The van der Waals surface area contributed by atoms with E-state index in [1.807, 2.05) is 12.3 Å². The van der Waals surface area contributed by atoms with Crippen LogP contribution in [-0.4, -0.2) is 67.2 Å². The average Bonchev–Trinajstić information content (AvgIpc) is 3.79. The van der Waals surface area contributed by atoms with Crippen molar-refractivity contribution in [3.63, 3.8) is 0 Å². The van der Waals surface area contributed by atoms with E-state index in [2.05, 4.69) is 51.1 Å². The number of H-pyrrole nitrogens is 1. The number of aryl methyl sites for hydroxylation is 1. The number of hydrogen-bond donors (Lipinski definition) is 2. The molecular formula is C35H37F3N6O3. The molecular weight excluding hydrogens is 609 g/mol. The number of aliphatic hydroxyl groups is 1. The summed E-state index contributed by atoms with van der Waals surface area (Å²) in [6.45, 7) is 2.26. The van der Waals surface area contributed by atoms with Gasteiger partial charge in [-0.15, -0.1) is 0 Å². The monoisotopic (exact) mass is 646 g/mol. The highest BCUT2D eigenvalue weighted by atomic mass is 19.4. The van der Waals surface area contributed by atoms with E-state index in [4.69, 9.17) is 4.98 Å². The average molecular weight is 647 g/mol. The Labute approximate surface area is 270 Å². The van der Waals surface area contributed by atoms with Crippen molar-refractivity contribution in [3.8, 4) is 11.1 Å². The second kappa shape index (κ2) is 12.1. The minimum atomic E-state index is -4.60. The van der Waals surface area contributed by atoms with Gasteiger partial charge in [0.2, 0.25) is 0 Å². The first kappa shape index (κ1) is 31.3. The molecule has 1 saturated heterocycles. The van der Waals surface area contributed by atoms with Gasteiger partial charge in [0, 0.05) is 18.3 Å². The summed E-state index contributed by atoms with van der Waals surface area (Å²) in [5.41, 5.74) is 2.24. The van der Waals surface area contributed by atoms with E-state index in [1.54, 1.807) is 0 Å². The molecule has 0 bridgehead atoms. The zero-order valence-electron chi connectivity index (χ0n) is 26.1. The molecule has 246 valence electrons. The second-order valence-electron chi connectivity index (χ2n) is 13.1. The maximum absolute atomic E-state index is 13.5. The first-order valence-corrected chi connectivity index (χ1v) is 16.1. The number of aromatic amines is 1. The lowest BCUT2D eigenvalue weighted by Crippen LogP contribution is -2.36. The third kappa shape index (κ3) is 6.12. The molecule has 1 saturated carbocycles. The molecule has 2 aromatic heterocycles. The van der Waals surface area contributed by atoms with Crippen LogP contribution in [0.2, 0.25) is 0 Å². The summed E-state index contributed by atoms with van der Waals surface area (Å²) in [5.74, 6) is -0.153. The molecule has 2 aromatic carbocycles. The largest absolute Gasteiger partial charge is 0.416 e. The zero-order chi connectivity index (χ0) is 32.9. The zero-order valence-corrected chi connectivity index (χ0v) is 26.1. The fourth-order valence-electron chi connectivity index (χ4n) is 6.97. The molecule has 1 atom stereocenters. The molecule has 3 aliphatic rings. The number of piperidine rings is 1. The predicted molar refractivity (Wildman–Crippen MR) is 168 cm³/mol. The molecule has 4 aromatic rings. The van der Waals surface area contributed by atoms with Gasteiger partial charge in [-0.25, -0.2) is 4.98 Å². The lowest BCUT2D eigenvalue weighted by molar-refractivity contribution is -0.142. The molecule has 0 spiro atoms. The van der Waals surface area contributed by atoms with Crippen molar-refractivity contribution in [2.75, 3.05) is 26.7 Å². The first-order chi connectivity index (χ1) is 22.5. The molecule has 7 rings (SSSR count). The third-order valence-electron chi connectivity index (χ3n) is 9.98. The quantitative estimate of drug-likeness (QED) is 0.305. The van der Waals surface area contributed by atoms with Gasteiger partial charge in [0.15, 0.2) is 6.10 Å². The van der Waals surface area contributed by atoms with Crippen LogP contribution in [0.5, 0.6) is 0 Å². The van der Waals surface area contributed by atoms with Gasteiger partial charge in [-0.2, -0.15) is 18.3 Å². The molecule has 2 fully saturated rings. The highest BCUT2D eigenvalue weighted by Gasteiger charge is 2.49. The summed E-state index contributed by atoms with van der Waals surface area (Å²) in [7, 11) is 2.14. The predicted octanol–water partition coefficient (Wildman–Crippen LogP) is 5.01. The molecule has 2 N–H and O–H groups in total. The number of rotatable bonds is 6. The summed E-state index contributed by atoms with van der Waals surface area (Å²) in [4.78, 5) is 38.4. The van der Waals surface area contributed by atoms with E-state index in [1.165, 1.54) is 11.0 Å². The van der Waals surface area contributed by atoms with Gasteiger partial charge in [-0.3, -0.25) is 14.3 Å². The van der Waals surface area contributed by atoms with Crippen LogP contribution in [0, 0.1) is 0 Å². The fourth-order valence-corrected chi connectivity index (χ4v) is 6.97. The van der Waals surface area contributed by atoms with Gasteiger partial charge in [-0.05, 0) is 87.5 Å². The van der Waals surface area contributed by atoms with E-state index < -0.39 is 29.2 Å².